The van der Waals surface area contributed by atoms with E-state index in [0.29, 0.717) is 42.6 Å². The molecule has 3 heterocycles. The van der Waals surface area contributed by atoms with E-state index in [2.05, 4.69) is 5.10 Å². The second kappa shape index (κ2) is 10.4. The summed E-state index contributed by atoms with van der Waals surface area (Å²) in [6.07, 6.45) is 4.23. The molecule has 2 saturated heterocycles. The summed E-state index contributed by atoms with van der Waals surface area (Å²) in [4.78, 5) is 30.3. The Morgan fingerprint density at radius 2 is 1.83 bits per heavy atom. The summed E-state index contributed by atoms with van der Waals surface area (Å²) in [6.45, 7) is 8.53. The van der Waals surface area contributed by atoms with Gasteiger partial charge in [-0.1, -0.05) is 17.7 Å². The van der Waals surface area contributed by atoms with Crippen molar-refractivity contribution in [2.45, 2.75) is 77.7 Å². The number of carbonyl (C=O) groups excluding carboxylic acids is 2. The summed E-state index contributed by atoms with van der Waals surface area (Å²) in [5, 5.41) is 5.30. The average Bonchev–Trinajstić information content (AvgIpc) is 3.44. The predicted octanol–water partition coefficient (Wildman–Crippen LogP) is 3.65. The average molecular weight is 515 g/mol. The molecule has 0 bridgehead atoms. The van der Waals surface area contributed by atoms with Crippen LogP contribution in [-0.4, -0.2) is 75.9 Å². The van der Waals surface area contributed by atoms with E-state index in [0.717, 1.165) is 48.9 Å². The SMILES string of the molecule is Cc1ccc(OC2CCN(C(=O)Cn3nc(C(=O)N4C[C@@H](C)O[C@@H](C)C4)c4c3CCC4)CC2)c(Cl)c1. The monoisotopic (exact) mass is 514 g/mol. The molecule has 1 aromatic heterocycles. The van der Waals surface area contributed by atoms with Gasteiger partial charge in [0.2, 0.25) is 5.91 Å². The van der Waals surface area contributed by atoms with Crippen LogP contribution in [0.15, 0.2) is 18.2 Å². The van der Waals surface area contributed by atoms with Crippen LogP contribution in [0.25, 0.3) is 0 Å². The second-order valence-electron chi connectivity index (χ2n) is 10.4. The van der Waals surface area contributed by atoms with Crippen molar-refractivity contribution in [3.05, 3.63) is 45.7 Å². The number of ether oxygens (including phenoxy) is 2. The van der Waals surface area contributed by atoms with Crippen molar-refractivity contribution in [1.82, 2.24) is 19.6 Å². The van der Waals surface area contributed by atoms with E-state index in [-0.39, 0.29) is 36.7 Å². The van der Waals surface area contributed by atoms with Gasteiger partial charge >= 0.3 is 0 Å². The third-order valence-electron chi connectivity index (χ3n) is 7.38. The minimum atomic E-state index is -0.0471. The van der Waals surface area contributed by atoms with Gasteiger partial charge in [-0.2, -0.15) is 5.10 Å². The van der Waals surface area contributed by atoms with Crippen LogP contribution in [0, 0.1) is 6.92 Å². The zero-order valence-electron chi connectivity index (χ0n) is 21.3. The normalized spacial score (nSPS) is 22.6. The molecule has 0 radical (unpaired) electrons. The molecule has 2 amide bonds. The number of likely N-dealkylation sites (tertiary alicyclic amines) is 1. The minimum Gasteiger partial charge on any atom is -0.489 e. The largest absolute Gasteiger partial charge is 0.489 e. The van der Waals surface area contributed by atoms with Crippen LogP contribution in [0.4, 0.5) is 0 Å². The number of rotatable bonds is 5. The summed E-state index contributed by atoms with van der Waals surface area (Å²) < 4.78 is 13.7. The molecule has 3 aliphatic rings. The highest BCUT2D eigenvalue weighted by Gasteiger charge is 2.33. The lowest BCUT2D eigenvalue weighted by Crippen LogP contribution is -2.48. The van der Waals surface area contributed by atoms with Gasteiger partial charge in [-0.15, -0.1) is 0 Å². The zero-order valence-corrected chi connectivity index (χ0v) is 22.1. The Hall–Kier alpha value is -2.58. The Labute approximate surface area is 217 Å². The number of halogens is 1. The lowest BCUT2D eigenvalue weighted by molar-refractivity contribution is -0.133. The van der Waals surface area contributed by atoms with E-state index in [1.807, 2.05) is 48.8 Å². The third-order valence-corrected chi connectivity index (χ3v) is 7.67. The molecule has 194 valence electrons. The first-order valence-corrected chi connectivity index (χ1v) is 13.4. The number of aromatic nitrogens is 2. The molecule has 2 aromatic rings. The van der Waals surface area contributed by atoms with Crippen LogP contribution in [0.1, 0.15) is 60.4 Å². The molecule has 36 heavy (non-hydrogen) atoms. The van der Waals surface area contributed by atoms with E-state index in [1.165, 1.54) is 0 Å². The molecule has 0 unspecified atom stereocenters. The Morgan fingerprint density at radius 3 is 2.53 bits per heavy atom. The van der Waals surface area contributed by atoms with Gasteiger partial charge in [-0.05, 0) is 57.7 Å². The van der Waals surface area contributed by atoms with Gasteiger partial charge in [0, 0.05) is 50.3 Å². The fraction of sp³-hybridized carbons (Fsp3) is 0.593. The molecule has 5 rings (SSSR count). The predicted molar refractivity (Wildman–Crippen MR) is 137 cm³/mol. The number of nitrogens with zero attached hydrogens (tertiary/aromatic N) is 4. The summed E-state index contributed by atoms with van der Waals surface area (Å²) in [5.41, 5.74) is 3.66. The number of piperidine rings is 1. The van der Waals surface area contributed by atoms with Crippen LogP contribution in [0.2, 0.25) is 5.02 Å². The number of hydrogen-bond acceptors (Lipinski definition) is 5. The van der Waals surface area contributed by atoms with Crippen LogP contribution >= 0.6 is 11.6 Å². The number of aryl methyl sites for hydroxylation is 1. The van der Waals surface area contributed by atoms with Crippen molar-refractivity contribution in [3.8, 4) is 5.75 Å². The molecule has 0 saturated carbocycles. The Balaban J connectivity index is 1.21. The summed E-state index contributed by atoms with van der Waals surface area (Å²) in [7, 11) is 0. The Morgan fingerprint density at radius 1 is 1.11 bits per heavy atom. The number of morpholine rings is 1. The first kappa shape index (κ1) is 25.1. The smallest absolute Gasteiger partial charge is 0.274 e. The molecule has 2 aliphatic heterocycles. The van der Waals surface area contributed by atoms with Crippen molar-refractivity contribution in [2.24, 2.45) is 0 Å². The van der Waals surface area contributed by atoms with E-state index in [4.69, 9.17) is 21.1 Å². The molecule has 2 fully saturated rings. The van der Waals surface area contributed by atoms with Gasteiger partial charge in [0.25, 0.3) is 5.91 Å². The van der Waals surface area contributed by atoms with Gasteiger partial charge in [-0.25, -0.2) is 0 Å². The highest BCUT2D eigenvalue weighted by molar-refractivity contribution is 6.32. The number of fused-ring (bicyclic) bond motifs is 1. The molecule has 0 N–H and O–H groups in total. The van der Waals surface area contributed by atoms with Crippen LogP contribution in [-0.2, 0) is 28.9 Å². The van der Waals surface area contributed by atoms with Gasteiger partial charge in [-0.3, -0.25) is 14.3 Å². The first-order chi connectivity index (χ1) is 17.3. The minimum absolute atomic E-state index is 0.00310. The standard InChI is InChI=1S/C27H35ClN4O4/c1-17-7-8-24(22(28)13-17)36-20-9-11-30(12-10-20)25(33)16-32-23-6-4-5-21(23)26(29-32)27(34)31-14-18(2)35-19(3)15-31/h7-8,13,18-20H,4-6,9-12,14-16H2,1-3H3/t18-,19+. The zero-order chi connectivity index (χ0) is 25.4. The topological polar surface area (TPSA) is 76.9 Å². The van der Waals surface area contributed by atoms with Gasteiger partial charge in [0.15, 0.2) is 5.69 Å². The molecule has 8 nitrogen and oxygen atoms in total. The summed E-state index contributed by atoms with van der Waals surface area (Å²) in [6, 6.07) is 5.80. The van der Waals surface area contributed by atoms with Crippen molar-refractivity contribution < 1.29 is 19.1 Å². The van der Waals surface area contributed by atoms with E-state index in [9.17, 15) is 9.59 Å². The fourth-order valence-electron chi connectivity index (χ4n) is 5.64. The summed E-state index contributed by atoms with van der Waals surface area (Å²) >= 11 is 6.32. The highest BCUT2D eigenvalue weighted by atomic mass is 35.5. The van der Waals surface area contributed by atoms with Crippen molar-refractivity contribution >= 4 is 23.4 Å². The summed E-state index contributed by atoms with van der Waals surface area (Å²) in [5.74, 6) is 0.682. The van der Waals surface area contributed by atoms with Gasteiger partial charge in [0.1, 0.15) is 18.4 Å². The maximum absolute atomic E-state index is 13.4. The molecular formula is C27H35ClN4O4. The van der Waals surface area contributed by atoms with Crippen molar-refractivity contribution in [2.75, 3.05) is 26.2 Å². The Kier molecular flexibility index (Phi) is 7.26. The second-order valence-corrected chi connectivity index (χ2v) is 10.8. The van der Waals surface area contributed by atoms with Gasteiger partial charge < -0.3 is 19.3 Å². The van der Waals surface area contributed by atoms with Crippen LogP contribution < -0.4 is 4.74 Å². The molecule has 1 aliphatic carbocycles. The fourth-order valence-corrected chi connectivity index (χ4v) is 5.92. The maximum atomic E-state index is 13.4. The third kappa shape index (κ3) is 5.25. The van der Waals surface area contributed by atoms with Crippen molar-refractivity contribution in [3.63, 3.8) is 0 Å². The molecule has 1 aromatic carbocycles. The number of benzene rings is 1. The van der Waals surface area contributed by atoms with E-state index >= 15 is 0 Å². The lowest BCUT2D eigenvalue weighted by atomic mass is 10.1. The van der Waals surface area contributed by atoms with Crippen molar-refractivity contribution in [1.29, 1.82) is 0 Å². The molecule has 2 atom stereocenters. The van der Waals surface area contributed by atoms with E-state index in [1.54, 1.807) is 4.68 Å². The number of carbonyl (C=O) groups is 2. The maximum Gasteiger partial charge on any atom is 0.274 e. The Bertz CT molecular complexity index is 1130. The molecule has 9 heteroatoms. The highest BCUT2D eigenvalue weighted by Crippen LogP contribution is 2.29. The molecular weight excluding hydrogens is 480 g/mol. The first-order valence-electron chi connectivity index (χ1n) is 13.0. The quantitative estimate of drug-likeness (QED) is 0.608. The van der Waals surface area contributed by atoms with Crippen LogP contribution in [0.3, 0.4) is 0 Å². The van der Waals surface area contributed by atoms with Crippen LogP contribution in [0.5, 0.6) is 5.75 Å². The number of amides is 2. The molecule has 0 spiro atoms. The number of hydrogen-bond donors (Lipinski definition) is 0. The van der Waals surface area contributed by atoms with Gasteiger partial charge in [0.05, 0.1) is 17.2 Å². The lowest BCUT2D eigenvalue weighted by Gasteiger charge is -2.35. The van der Waals surface area contributed by atoms with E-state index < -0.39 is 0 Å².